The summed E-state index contributed by atoms with van der Waals surface area (Å²) >= 11 is 5.93. The topological polar surface area (TPSA) is 23.6 Å². The number of hydrogen-bond acceptors (Lipinski definition) is 2. The third kappa shape index (κ3) is 3.57. The largest absolute Gasteiger partial charge is 0.310 e. The van der Waals surface area contributed by atoms with Crippen molar-refractivity contribution in [3.8, 4) is 0 Å². The predicted molar refractivity (Wildman–Crippen MR) is 94.9 cm³/mol. The van der Waals surface area contributed by atoms with Crippen LogP contribution in [0.15, 0.2) is 48.5 Å². The van der Waals surface area contributed by atoms with Gasteiger partial charge in [0.25, 0.3) is 0 Å². The maximum Gasteiger partial charge on any atom is 0.244 e. The average molecular weight is 329 g/mol. The summed E-state index contributed by atoms with van der Waals surface area (Å²) in [7, 11) is 0. The second kappa shape index (κ2) is 6.73. The van der Waals surface area contributed by atoms with Crippen LogP contribution in [-0.4, -0.2) is 29.9 Å². The quantitative estimate of drug-likeness (QED) is 0.853. The molecule has 1 amide bonds. The molecular weight excluding hydrogens is 308 g/mol. The zero-order chi connectivity index (χ0) is 16.4. The molecule has 1 aliphatic rings. The molecule has 0 radical (unpaired) electrons. The van der Waals surface area contributed by atoms with Gasteiger partial charge in [0.2, 0.25) is 5.91 Å². The second-order valence-corrected chi connectivity index (χ2v) is 6.54. The lowest BCUT2D eigenvalue weighted by molar-refractivity contribution is -0.125. The molecular formula is C19H21ClN2O. The molecule has 3 rings (SSSR count). The van der Waals surface area contributed by atoms with Gasteiger partial charge in [-0.1, -0.05) is 41.4 Å². The van der Waals surface area contributed by atoms with Gasteiger partial charge in [0.05, 0.1) is 6.04 Å². The van der Waals surface area contributed by atoms with E-state index in [0.29, 0.717) is 11.6 Å². The summed E-state index contributed by atoms with van der Waals surface area (Å²) < 4.78 is 0. The molecule has 1 unspecified atom stereocenters. The number of carbonyl (C=O) groups excluding carboxylic acids is 1. The molecule has 1 aliphatic heterocycles. The Labute approximate surface area is 142 Å². The molecule has 0 saturated carbocycles. The molecule has 120 valence electrons. The highest BCUT2D eigenvalue weighted by atomic mass is 35.5. The van der Waals surface area contributed by atoms with Crippen molar-refractivity contribution in [2.24, 2.45) is 0 Å². The van der Waals surface area contributed by atoms with Crippen LogP contribution in [0.4, 0.5) is 5.69 Å². The van der Waals surface area contributed by atoms with E-state index in [-0.39, 0.29) is 11.9 Å². The minimum atomic E-state index is -0.125. The predicted octanol–water partition coefficient (Wildman–Crippen LogP) is 3.89. The van der Waals surface area contributed by atoms with E-state index < -0.39 is 0 Å². The summed E-state index contributed by atoms with van der Waals surface area (Å²) in [6, 6.07) is 15.8. The Bertz CT molecular complexity index is 699. The van der Waals surface area contributed by atoms with E-state index in [0.717, 1.165) is 18.8 Å². The fourth-order valence-corrected chi connectivity index (χ4v) is 3.18. The number of rotatable bonds is 3. The van der Waals surface area contributed by atoms with Crippen LogP contribution < -0.4 is 4.90 Å². The average Bonchev–Trinajstić information content (AvgIpc) is 2.53. The van der Waals surface area contributed by atoms with Gasteiger partial charge in [0, 0.05) is 30.3 Å². The lowest BCUT2D eigenvalue weighted by Gasteiger charge is -2.39. The van der Waals surface area contributed by atoms with Crippen molar-refractivity contribution in [3.05, 3.63) is 64.7 Å². The summed E-state index contributed by atoms with van der Waals surface area (Å²) in [6.45, 7) is 6.46. The number of amides is 1. The normalized spacial score (nSPS) is 19.2. The van der Waals surface area contributed by atoms with E-state index >= 15 is 0 Å². The number of piperazine rings is 1. The Morgan fingerprint density at radius 1 is 1.13 bits per heavy atom. The summed E-state index contributed by atoms with van der Waals surface area (Å²) in [6.07, 6.45) is 0. The Morgan fingerprint density at radius 2 is 1.87 bits per heavy atom. The van der Waals surface area contributed by atoms with Crippen LogP contribution in [0.3, 0.4) is 0 Å². The number of nitrogens with zero attached hydrogens (tertiary/aromatic N) is 2. The highest BCUT2D eigenvalue weighted by molar-refractivity contribution is 6.30. The van der Waals surface area contributed by atoms with Crippen LogP contribution in [-0.2, 0) is 11.3 Å². The molecule has 23 heavy (non-hydrogen) atoms. The molecule has 0 spiro atoms. The zero-order valence-electron chi connectivity index (χ0n) is 13.5. The molecule has 1 fully saturated rings. The number of hydrogen-bond donors (Lipinski definition) is 0. The molecule has 4 heteroatoms. The van der Waals surface area contributed by atoms with Gasteiger partial charge in [0.1, 0.15) is 0 Å². The highest BCUT2D eigenvalue weighted by Gasteiger charge is 2.32. The molecule has 2 aromatic carbocycles. The maximum atomic E-state index is 12.7. The van der Waals surface area contributed by atoms with Crippen LogP contribution in [0, 0.1) is 6.92 Å². The lowest BCUT2D eigenvalue weighted by atomic mass is 10.1. The third-order valence-electron chi connectivity index (χ3n) is 4.39. The van der Waals surface area contributed by atoms with Gasteiger partial charge in [-0.25, -0.2) is 0 Å². The van der Waals surface area contributed by atoms with Gasteiger partial charge in [-0.2, -0.15) is 0 Å². The van der Waals surface area contributed by atoms with Crippen molar-refractivity contribution >= 4 is 23.2 Å². The zero-order valence-corrected chi connectivity index (χ0v) is 14.3. The molecule has 1 atom stereocenters. The van der Waals surface area contributed by atoms with Crippen molar-refractivity contribution in [3.63, 3.8) is 0 Å². The first-order chi connectivity index (χ1) is 11.0. The Balaban J connectivity index is 1.72. The van der Waals surface area contributed by atoms with Crippen molar-refractivity contribution in [1.29, 1.82) is 0 Å². The second-order valence-electron chi connectivity index (χ2n) is 6.10. The van der Waals surface area contributed by atoms with Gasteiger partial charge in [0.15, 0.2) is 0 Å². The summed E-state index contributed by atoms with van der Waals surface area (Å²) in [4.78, 5) is 16.8. The van der Waals surface area contributed by atoms with Crippen molar-refractivity contribution < 1.29 is 4.79 Å². The highest BCUT2D eigenvalue weighted by Crippen LogP contribution is 2.23. The molecule has 3 nitrogen and oxygen atoms in total. The Kier molecular flexibility index (Phi) is 4.69. The standard InChI is InChI=1S/C19H21ClN2O/c1-14-4-3-5-16(12-14)13-21-10-11-22(19(23)15(21)2)18-8-6-17(20)7-9-18/h3-9,12,15H,10-11,13H2,1-2H3. The van der Waals surface area contributed by atoms with Gasteiger partial charge in [-0.15, -0.1) is 0 Å². The van der Waals surface area contributed by atoms with Crippen LogP contribution in [0.25, 0.3) is 0 Å². The van der Waals surface area contributed by atoms with E-state index in [9.17, 15) is 4.79 Å². The third-order valence-corrected chi connectivity index (χ3v) is 4.64. The fraction of sp³-hybridized carbons (Fsp3) is 0.316. The summed E-state index contributed by atoms with van der Waals surface area (Å²) in [5.74, 6) is 0.145. The van der Waals surface area contributed by atoms with Crippen LogP contribution >= 0.6 is 11.6 Å². The number of halogens is 1. The van der Waals surface area contributed by atoms with Crippen LogP contribution in [0.5, 0.6) is 0 Å². The Hall–Kier alpha value is -1.84. The molecule has 1 saturated heterocycles. The van der Waals surface area contributed by atoms with E-state index in [1.807, 2.05) is 36.1 Å². The SMILES string of the molecule is Cc1cccc(CN2CCN(c3ccc(Cl)cc3)C(=O)C2C)c1. The van der Waals surface area contributed by atoms with Gasteiger partial charge >= 0.3 is 0 Å². The minimum Gasteiger partial charge on any atom is -0.310 e. The van der Waals surface area contributed by atoms with E-state index in [1.165, 1.54) is 11.1 Å². The molecule has 0 aliphatic carbocycles. The molecule has 1 heterocycles. The monoisotopic (exact) mass is 328 g/mol. The maximum absolute atomic E-state index is 12.7. The smallest absolute Gasteiger partial charge is 0.244 e. The number of aryl methyl sites for hydroxylation is 1. The Morgan fingerprint density at radius 3 is 2.57 bits per heavy atom. The molecule has 0 bridgehead atoms. The first-order valence-corrected chi connectivity index (χ1v) is 8.29. The first-order valence-electron chi connectivity index (χ1n) is 7.91. The molecule has 0 aromatic heterocycles. The van der Waals surface area contributed by atoms with Crippen LogP contribution in [0.1, 0.15) is 18.1 Å². The van der Waals surface area contributed by atoms with Gasteiger partial charge < -0.3 is 4.90 Å². The van der Waals surface area contributed by atoms with Gasteiger partial charge in [-0.3, -0.25) is 9.69 Å². The molecule has 2 aromatic rings. The fourth-order valence-electron chi connectivity index (χ4n) is 3.05. The number of benzene rings is 2. The van der Waals surface area contributed by atoms with E-state index in [2.05, 4.69) is 36.1 Å². The molecule has 0 N–H and O–H groups in total. The van der Waals surface area contributed by atoms with Crippen LogP contribution in [0.2, 0.25) is 5.02 Å². The minimum absolute atomic E-state index is 0.125. The summed E-state index contributed by atoms with van der Waals surface area (Å²) in [5, 5.41) is 0.687. The first kappa shape index (κ1) is 16.0. The van der Waals surface area contributed by atoms with E-state index in [4.69, 9.17) is 11.6 Å². The van der Waals surface area contributed by atoms with Crippen molar-refractivity contribution in [1.82, 2.24) is 4.90 Å². The summed E-state index contributed by atoms with van der Waals surface area (Å²) in [5.41, 5.74) is 3.42. The van der Waals surface area contributed by atoms with Crippen molar-refractivity contribution in [2.75, 3.05) is 18.0 Å². The number of carbonyl (C=O) groups is 1. The number of anilines is 1. The lowest BCUT2D eigenvalue weighted by Crippen LogP contribution is -2.55. The van der Waals surface area contributed by atoms with Gasteiger partial charge in [-0.05, 0) is 43.7 Å². The van der Waals surface area contributed by atoms with E-state index in [1.54, 1.807) is 0 Å². The van der Waals surface area contributed by atoms with Crippen molar-refractivity contribution in [2.45, 2.75) is 26.4 Å².